The summed E-state index contributed by atoms with van der Waals surface area (Å²) in [5.74, 6) is -1.32. The Labute approximate surface area is 160 Å². The second kappa shape index (κ2) is 10.2. The minimum Gasteiger partial charge on any atom is -0.480 e. The van der Waals surface area contributed by atoms with Crippen LogP contribution in [0, 0.1) is 0 Å². The number of hydrogen-bond donors (Lipinski definition) is 3. The highest BCUT2D eigenvalue weighted by atomic mass is 32.2. The number of sulfonamides is 1. The number of nitrogens with two attached hydrogens (primary N) is 1. The fourth-order valence-electron chi connectivity index (χ4n) is 2.75. The molecule has 2 aromatic rings. The third-order valence-electron chi connectivity index (χ3n) is 4.29. The summed E-state index contributed by atoms with van der Waals surface area (Å²) in [5.41, 5.74) is 8.43. The molecule has 27 heavy (non-hydrogen) atoms. The standard InChI is InChI=1S/C20H26N2O4S/c21-14-5-4-8-19(20(23)24)22-27(25,26)15-13-16-9-11-18(12-10-16)17-6-2-1-3-7-17/h1-3,6-7,9-12,19,22H,4-5,8,13-15,21H2,(H,23,24). The molecule has 0 saturated heterocycles. The lowest BCUT2D eigenvalue weighted by Crippen LogP contribution is -2.42. The Bertz CT molecular complexity index is 821. The van der Waals surface area contributed by atoms with Gasteiger partial charge < -0.3 is 10.8 Å². The van der Waals surface area contributed by atoms with E-state index in [0.29, 0.717) is 25.8 Å². The molecule has 6 nitrogen and oxygen atoms in total. The Balaban J connectivity index is 1.92. The highest BCUT2D eigenvalue weighted by Crippen LogP contribution is 2.19. The van der Waals surface area contributed by atoms with E-state index in [2.05, 4.69) is 4.72 Å². The topological polar surface area (TPSA) is 109 Å². The number of rotatable bonds is 11. The number of aryl methyl sites for hydroxylation is 1. The monoisotopic (exact) mass is 390 g/mol. The molecule has 0 aliphatic carbocycles. The summed E-state index contributed by atoms with van der Waals surface area (Å²) in [6.45, 7) is 0.456. The predicted molar refractivity (Wildman–Crippen MR) is 107 cm³/mol. The molecule has 0 spiro atoms. The van der Waals surface area contributed by atoms with Crippen molar-refractivity contribution in [2.45, 2.75) is 31.7 Å². The Kier molecular flexibility index (Phi) is 7.97. The first-order chi connectivity index (χ1) is 12.9. The van der Waals surface area contributed by atoms with Crippen molar-refractivity contribution in [2.24, 2.45) is 5.73 Å². The van der Waals surface area contributed by atoms with Crippen LogP contribution in [0.2, 0.25) is 0 Å². The summed E-state index contributed by atoms with van der Waals surface area (Å²) in [6, 6.07) is 16.5. The molecule has 0 aromatic heterocycles. The molecule has 2 rings (SSSR count). The molecule has 0 aliphatic rings. The van der Waals surface area contributed by atoms with Crippen LogP contribution < -0.4 is 10.5 Å². The van der Waals surface area contributed by atoms with E-state index in [9.17, 15) is 18.3 Å². The molecule has 7 heteroatoms. The van der Waals surface area contributed by atoms with Gasteiger partial charge in [0.15, 0.2) is 0 Å². The van der Waals surface area contributed by atoms with Gasteiger partial charge in [0.05, 0.1) is 5.75 Å². The van der Waals surface area contributed by atoms with Gasteiger partial charge in [0.2, 0.25) is 10.0 Å². The summed E-state index contributed by atoms with van der Waals surface area (Å²) in [7, 11) is -3.69. The van der Waals surface area contributed by atoms with Crippen LogP contribution >= 0.6 is 0 Å². The van der Waals surface area contributed by atoms with Crippen molar-refractivity contribution < 1.29 is 18.3 Å². The van der Waals surface area contributed by atoms with Gasteiger partial charge in [-0.25, -0.2) is 13.1 Å². The molecule has 2 aromatic carbocycles. The van der Waals surface area contributed by atoms with Crippen molar-refractivity contribution in [1.29, 1.82) is 0 Å². The molecule has 0 aliphatic heterocycles. The Morgan fingerprint density at radius 1 is 1.00 bits per heavy atom. The summed E-state index contributed by atoms with van der Waals surface area (Å²) in [4.78, 5) is 11.3. The summed E-state index contributed by atoms with van der Waals surface area (Å²) >= 11 is 0. The maximum absolute atomic E-state index is 12.2. The summed E-state index contributed by atoms with van der Waals surface area (Å²) in [6.07, 6.45) is 1.79. The highest BCUT2D eigenvalue weighted by molar-refractivity contribution is 7.89. The van der Waals surface area contributed by atoms with Crippen LogP contribution in [0.5, 0.6) is 0 Å². The van der Waals surface area contributed by atoms with Crippen molar-refractivity contribution in [3.8, 4) is 11.1 Å². The average molecular weight is 391 g/mol. The predicted octanol–water partition coefficient (Wildman–Crippen LogP) is 2.40. The first-order valence-electron chi connectivity index (χ1n) is 8.98. The van der Waals surface area contributed by atoms with E-state index in [1.807, 2.05) is 54.6 Å². The number of benzene rings is 2. The van der Waals surface area contributed by atoms with Gasteiger partial charge in [0, 0.05) is 0 Å². The zero-order valence-electron chi connectivity index (χ0n) is 15.2. The van der Waals surface area contributed by atoms with Crippen molar-refractivity contribution in [1.82, 2.24) is 4.72 Å². The molecule has 0 heterocycles. The zero-order chi connectivity index (χ0) is 19.7. The van der Waals surface area contributed by atoms with E-state index in [1.165, 1.54) is 0 Å². The number of nitrogens with one attached hydrogen (secondary N) is 1. The van der Waals surface area contributed by atoms with Crippen LogP contribution in [0.25, 0.3) is 11.1 Å². The third kappa shape index (κ3) is 7.13. The second-order valence-electron chi connectivity index (χ2n) is 6.42. The van der Waals surface area contributed by atoms with E-state index in [1.54, 1.807) is 0 Å². The molecular formula is C20H26N2O4S. The quantitative estimate of drug-likeness (QED) is 0.511. The Morgan fingerprint density at radius 3 is 2.22 bits per heavy atom. The number of unbranched alkanes of at least 4 members (excludes halogenated alkanes) is 1. The van der Waals surface area contributed by atoms with Crippen LogP contribution in [-0.4, -0.2) is 37.8 Å². The summed E-state index contributed by atoms with van der Waals surface area (Å²) in [5, 5.41) is 9.20. The normalized spacial score (nSPS) is 12.6. The van der Waals surface area contributed by atoms with Gasteiger partial charge >= 0.3 is 5.97 Å². The third-order valence-corrected chi connectivity index (χ3v) is 5.67. The zero-order valence-corrected chi connectivity index (χ0v) is 16.0. The van der Waals surface area contributed by atoms with Crippen LogP contribution in [0.15, 0.2) is 54.6 Å². The highest BCUT2D eigenvalue weighted by Gasteiger charge is 2.23. The molecule has 1 atom stereocenters. The molecule has 1 unspecified atom stereocenters. The van der Waals surface area contributed by atoms with Gasteiger partial charge in [0.25, 0.3) is 0 Å². The van der Waals surface area contributed by atoms with Gasteiger partial charge in [-0.15, -0.1) is 0 Å². The minimum atomic E-state index is -3.69. The number of carboxylic acid groups (broad SMARTS) is 1. The molecule has 0 radical (unpaired) electrons. The van der Waals surface area contributed by atoms with Gasteiger partial charge in [-0.05, 0) is 42.5 Å². The largest absolute Gasteiger partial charge is 0.480 e. The fraction of sp³-hybridized carbons (Fsp3) is 0.350. The van der Waals surface area contributed by atoms with Crippen LogP contribution in [0.4, 0.5) is 0 Å². The Morgan fingerprint density at radius 2 is 1.63 bits per heavy atom. The lowest BCUT2D eigenvalue weighted by atomic mass is 10.0. The summed E-state index contributed by atoms with van der Waals surface area (Å²) < 4.78 is 26.8. The molecule has 0 amide bonds. The number of hydrogen-bond acceptors (Lipinski definition) is 4. The molecule has 146 valence electrons. The minimum absolute atomic E-state index is 0.154. The lowest BCUT2D eigenvalue weighted by Gasteiger charge is -2.14. The molecule has 0 bridgehead atoms. The Hall–Kier alpha value is -2.22. The number of carboxylic acids is 1. The maximum atomic E-state index is 12.2. The first-order valence-corrected chi connectivity index (χ1v) is 10.6. The SMILES string of the molecule is NCCCCC(NS(=O)(=O)CCc1ccc(-c2ccccc2)cc1)C(=O)O. The van der Waals surface area contributed by atoms with Crippen molar-refractivity contribution in [2.75, 3.05) is 12.3 Å². The van der Waals surface area contributed by atoms with Crippen molar-refractivity contribution >= 4 is 16.0 Å². The van der Waals surface area contributed by atoms with Crippen LogP contribution in [0.1, 0.15) is 24.8 Å². The van der Waals surface area contributed by atoms with E-state index in [0.717, 1.165) is 16.7 Å². The molecule has 0 saturated carbocycles. The van der Waals surface area contributed by atoms with Gasteiger partial charge in [-0.3, -0.25) is 4.79 Å². The van der Waals surface area contributed by atoms with Gasteiger partial charge in [-0.2, -0.15) is 0 Å². The average Bonchev–Trinajstić information content (AvgIpc) is 2.67. The lowest BCUT2D eigenvalue weighted by molar-refractivity contribution is -0.139. The first kappa shape index (κ1) is 21.1. The van der Waals surface area contributed by atoms with E-state index >= 15 is 0 Å². The number of carbonyl (C=O) groups is 1. The van der Waals surface area contributed by atoms with Crippen molar-refractivity contribution in [3.63, 3.8) is 0 Å². The van der Waals surface area contributed by atoms with E-state index in [4.69, 9.17) is 5.73 Å². The van der Waals surface area contributed by atoms with Crippen LogP contribution in [0.3, 0.4) is 0 Å². The van der Waals surface area contributed by atoms with Crippen LogP contribution in [-0.2, 0) is 21.2 Å². The van der Waals surface area contributed by atoms with Crippen molar-refractivity contribution in [3.05, 3.63) is 60.2 Å². The number of aliphatic carboxylic acids is 1. The van der Waals surface area contributed by atoms with E-state index in [-0.39, 0.29) is 12.2 Å². The molecule has 0 fully saturated rings. The van der Waals surface area contributed by atoms with Gasteiger partial charge in [0.1, 0.15) is 6.04 Å². The fourth-order valence-corrected chi connectivity index (χ4v) is 4.02. The van der Waals surface area contributed by atoms with Gasteiger partial charge in [-0.1, -0.05) is 61.0 Å². The molecule has 4 N–H and O–H groups in total. The smallest absolute Gasteiger partial charge is 0.321 e. The molecular weight excluding hydrogens is 364 g/mol. The second-order valence-corrected chi connectivity index (χ2v) is 8.30. The maximum Gasteiger partial charge on any atom is 0.321 e. The van der Waals surface area contributed by atoms with E-state index < -0.39 is 22.0 Å².